The third-order valence-corrected chi connectivity index (χ3v) is 2.59. The van der Waals surface area contributed by atoms with Crippen molar-refractivity contribution >= 4 is 24.0 Å². The quantitative estimate of drug-likeness (QED) is 0.664. The summed E-state index contributed by atoms with van der Waals surface area (Å²) in [5.74, 6) is -0.836. The molecule has 0 radical (unpaired) electrons. The van der Waals surface area contributed by atoms with Gasteiger partial charge >= 0.3 is 5.97 Å². The maximum Gasteiger partial charge on any atom is 0.339 e. The first kappa shape index (κ1) is 9.71. The molecule has 1 N–H and O–H groups in total. The normalized spacial score (nSPS) is 16.2. The number of allylic oxidation sites excluding steroid dienone is 1. The molecule has 0 amide bonds. The summed E-state index contributed by atoms with van der Waals surface area (Å²) < 4.78 is 0. The molecule has 0 atom stereocenters. The number of hydrogen-bond donors (Lipinski definition) is 1. The fraction of sp³-hybridized carbons (Fsp3) is 0.0909. The van der Waals surface area contributed by atoms with E-state index in [-0.39, 0.29) is 11.3 Å². The van der Waals surface area contributed by atoms with Gasteiger partial charge in [-0.05, 0) is 6.08 Å². The van der Waals surface area contributed by atoms with Crippen LogP contribution in [-0.4, -0.2) is 27.3 Å². The lowest BCUT2D eigenvalue weighted by Gasteiger charge is -2.11. The van der Waals surface area contributed by atoms with Gasteiger partial charge in [0, 0.05) is 6.42 Å². The molecule has 0 unspecified atom stereocenters. The van der Waals surface area contributed by atoms with Gasteiger partial charge in [-0.1, -0.05) is 11.2 Å². The Balaban J connectivity index is 2.44. The Hall–Kier alpha value is -2.50. The minimum atomic E-state index is -1.04. The van der Waals surface area contributed by atoms with Crippen LogP contribution in [0.1, 0.15) is 5.69 Å². The number of carbonyl (C=O) groups is 1. The standard InChI is InChI=1S/C11H7N3O3/c15-11(16)6-1-2-7-9-8(13-5-12-7)3-4-14-17-10(6)9/h1,3-5H,2H2,(H,15,16). The molecule has 1 aliphatic heterocycles. The predicted octanol–water partition coefficient (Wildman–Crippen LogP) is -1.05. The molecule has 17 heavy (non-hydrogen) atoms. The minimum Gasteiger partial charge on any atom is -0.478 e. The zero-order chi connectivity index (χ0) is 11.8. The van der Waals surface area contributed by atoms with Crippen molar-refractivity contribution in [2.24, 2.45) is 5.16 Å². The molecule has 6 heteroatoms. The van der Waals surface area contributed by atoms with E-state index < -0.39 is 5.97 Å². The average molecular weight is 229 g/mol. The van der Waals surface area contributed by atoms with E-state index in [1.54, 1.807) is 12.2 Å². The number of carboxylic acid groups (broad SMARTS) is 1. The van der Waals surface area contributed by atoms with Crippen LogP contribution in [0.5, 0.6) is 0 Å². The highest BCUT2D eigenvalue weighted by molar-refractivity contribution is 6.00. The van der Waals surface area contributed by atoms with Crippen molar-refractivity contribution in [1.29, 1.82) is 0 Å². The van der Waals surface area contributed by atoms with Crippen LogP contribution in [0.2, 0.25) is 0 Å². The maximum atomic E-state index is 11.1. The Morgan fingerprint density at radius 1 is 1.41 bits per heavy atom. The molecule has 0 aromatic carbocycles. The molecule has 1 aromatic rings. The van der Waals surface area contributed by atoms with Crippen molar-refractivity contribution in [1.82, 2.24) is 9.97 Å². The first-order chi connectivity index (χ1) is 8.27. The lowest BCUT2D eigenvalue weighted by atomic mass is 10.0. The first-order valence-electron chi connectivity index (χ1n) is 4.96. The van der Waals surface area contributed by atoms with Crippen LogP contribution in [0, 0.1) is 0 Å². The second kappa shape index (κ2) is 3.51. The van der Waals surface area contributed by atoms with Gasteiger partial charge in [0.1, 0.15) is 11.9 Å². The molecule has 0 bridgehead atoms. The number of aliphatic carboxylic acids is 1. The molecule has 1 aliphatic carbocycles. The van der Waals surface area contributed by atoms with Crippen LogP contribution in [0.25, 0.3) is 11.8 Å². The molecule has 0 fully saturated rings. The van der Waals surface area contributed by atoms with Gasteiger partial charge in [0.05, 0.1) is 22.5 Å². The van der Waals surface area contributed by atoms with Crippen LogP contribution in [-0.2, 0) is 16.1 Å². The summed E-state index contributed by atoms with van der Waals surface area (Å²) in [5.41, 5.74) is 0.845. The molecule has 0 saturated carbocycles. The van der Waals surface area contributed by atoms with Crippen molar-refractivity contribution in [2.45, 2.75) is 6.42 Å². The Morgan fingerprint density at radius 3 is 3.12 bits per heavy atom. The maximum absolute atomic E-state index is 11.1. The van der Waals surface area contributed by atoms with Gasteiger partial charge in [-0.15, -0.1) is 0 Å². The van der Waals surface area contributed by atoms with Crippen molar-refractivity contribution in [3.05, 3.63) is 34.2 Å². The summed E-state index contributed by atoms with van der Waals surface area (Å²) in [6, 6.07) is 0. The van der Waals surface area contributed by atoms with Crippen LogP contribution in [0.4, 0.5) is 0 Å². The molecular formula is C11H7N3O3. The number of nitrogens with zero attached hydrogens (tertiary/aromatic N) is 3. The number of carboxylic acids is 1. The van der Waals surface area contributed by atoms with Crippen LogP contribution in [0.3, 0.4) is 0 Å². The van der Waals surface area contributed by atoms with Crippen LogP contribution in [0.15, 0.2) is 23.1 Å². The number of hydrogen-bond acceptors (Lipinski definition) is 5. The van der Waals surface area contributed by atoms with E-state index in [0.717, 1.165) is 5.69 Å². The topological polar surface area (TPSA) is 84.7 Å². The molecule has 84 valence electrons. The molecule has 1 aromatic heterocycles. The highest BCUT2D eigenvalue weighted by Crippen LogP contribution is 2.17. The monoisotopic (exact) mass is 229 g/mol. The van der Waals surface area contributed by atoms with E-state index in [1.165, 1.54) is 12.5 Å². The van der Waals surface area contributed by atoms with Gasteiger partial charge in [0.15, 0.2) is 5.76 Å². The molecular weight excluding hydrogens is 222 g/mol. The van der Waals surface area contributed by atoms with Crippen molar-refractivity contribution in [3.8, 4) is 0 Å². The van der Waals surface area contributed by atoms with E-state index in [4.69, 9.17) is 9.94 Å². The van der Waals surface area contributed by atoms with E-state index in [1.807, 2.05) is 0 Å². The molecule has 3 rings (SSSR count). The van der Waals surface area contributed by atoms with Gasteiger partial charge in [-0.2, -0.15) is 0 Å². The number of rotatable bonds is 1. The fourth-order valence-corrected chi connectivity index (χ4v) is 1.86. The Kier molecular flexibility index (Phi) is 2.01. The smallest absolute Gasteiger partial charge is 0.339 e. The van der Waals surface area contributed by atoms with Crippen LogP contribution >= 0.6 is 0 Å². The highest BCUT2D eigenvalue weighted by Gasteiger charge is 2.23. The lowest BCUT2D eigenvalue weighted by molar-refractivity contribution is -0.132. The first-order valence-corrected chi connectivity index (χ1v) is 4.96. The van der Waals surface area contributed by atoms with Gasteiger partial charge in [0.2, 0.25) is 0 Å². The number of oxime groups is 1. The third-order valence-electron chi connectivity index (χ3n) is 2.59. The second-order valence-electron chi connectivity index (χ2n) is 3.55. The fourth-order valence-electron chi connectivity index (χ4n) is 1.86. The van der Waals surface area contributed by atoms with E-state index in [9.17, 15) is 4.79 Å². The largest absolute Gasteiger partial charge is 0.478 e. The predicted molar refractivity (Wildman–Crippen MR) is 58.2 cm³/mol. The summed E-state index contributed by atoms with van der Waals surface area (Å²) in [4.78, 5) is 24.4. The highest BCUT2D eigenvalue weighted by atomic mass is 16.6. The molecule has 2 heterocycles. The minimum absolute atomic E-state index is 0.0981. The Labute approximate surface area is 95.3 Å². The summed E-state index contributed by atoms with van der Waals surface area (Å²) >= 11 is 0. The molecule has 0 spiro atoms. The van der Waals surface area contributed by atoms with Gasteiger partial charge in [-0.3, -0.25) is 0 Å². The summed E-state index contributed by atoms with van der Waals surface area (Å²) in [5, 5.41) is 14.0. The van der Waals surface area contributed by atoms with Gasteiger partial charge in [0.25, 0.3) is 0 Å². The van der Waals surface area contributed by atoms with Crippen molar-refractivity contribution in [3.63, 3.8) is 0 Å². The molecule has 0 saturated heterocycles. The molecule has 2 aliphatic rings. The summed E-state index contributed by atoms with van der Waals surface area (Å²) in [7, 11) is 0. The zero-order valence-corrected chi connectivity index (χ0v) is 8.62. The second-order valence-corrected chi connectivity index (χ2v) is 3.55. The summed E-state index contributed by atoms with van der Waals surface area (Å²) in [6.45, 7) is 0. The van der Waals surface area contributed by atoms with E-state index >= 15 is 0 Å². The lowest BCUT2D eigenvalue weighted by Crippen LogP contribution is -2.37. The average Bonchev–Trinajstić information content (AvgIpc) is 2.54. The van der Waals surface area contributed by atoms with E-state index in [2.05, 4.69) is 15.1 Å². The van der Waals surface area contributed by atoms with Crippen molar-refractivity contribution < 1.29 is 14.7 Å². The molecule has 6 nitrogen and oxygen atoms in total. The Morgan fingerprint density at radius 2 is 2.29 bits per heavy atom. The van der Waals surface area contributed by atoms with Crippen molar-refractivity contribution in [2.75, 3.05) is 0 Å². The van der Waals surface area contributed by atoms with E-state index in [0.29, 0.717) is 17.0 Å². The number of aromatic nitrogens is 2. The van der Waals surface area contributed by atoms with Gasteiger partial charge in [-0.25, -0.2) is 14.8 Å². The zero-order valence-electron chi connectivity index (χ0n) is 8.62. The van der Waals surface area contributed by atoms with Gasteiger partial charge < -0.3 is 9.94 Å². The van der Waals surface area contributed by atoms with Crippen LogP contribution < -0.4 is 10.6 Å². The third kappa shape index (κ3) is 1.42. The Bertz CT molecular complexity index is 688. The SMILES string of the molecule is O=C(O)C1=CCc2ncnc3c2=C1ON=CC=3. The summed E-state index contributed by atoms with van der Waals surface area (Å²) in [6.07, 6.45) is 6.57.